The van der Waals surface area contributed by atoms with Crippen LogP contribution < -0.4 is 11.1 Å². The molecule has 1 heterocycles. The van der Waals surface area contributed by atoms with Crippen molar-refractivity contribution in [3.8, 4) is 0 Å². The second-order valence-corrected chi connectivity index (χ2v) is 5.72. The second kappa shape index (κ2) is 6.76. The third-order valence-corrected chi connectivity index (χ3v) is 4.06. The van der Waals surface area contributed by atoms with Crippen molar-refractivity contribution in [3.05, 3.63) is 71.8 Å². The van der Waals surface area contributed by atoms with Crippen LogP contribution >= 0.6 is 0 Å². The van der Waals surface area contributed by atoms with Crippen molar-refractivity contribution in [2.75, 3.05) is 11.9 Å². The van der Waals surface area contributed by atoms with Gasteiger partial charge in [-0.15, -0.1) is 0 Å². The van der Waals surface area contributed by atoms with Crippen LogP contribution in [0.15, 0.2) is 54.9 Å². The first kappa shape index (κ1) is 16.1. The number of hydrogen-bond acceptors (Lipinski definition) is 3. The lowest BCUT2D eigenvalue weighted by Gasteiger charge is -2.16. The Labute approximate surface area is 139 Å². The molecular formula is C19H18FN3O. The highest BCUT2D eigenvalue weighted by molar-refractivity contribution is 5.98. The Kier molecular flexibility index (Phi) is 4.53. The zero-order chi connectivity index (χ0) is 17.1. The SMILES string of the molecule is Cc1ccc(C(CN)C(=O)Nc2ccc3cnccc3c2)cc1F. The molecule has 1 unspecified atom stereocenters. The van der Waals surface area contributed by atoms with Crippen LogP contribution in [-0.4, -0.2) is 17.4 Å². The number of carbonyl (C=O) groups is 1. The van der Waals surface area contributed by atoms with Crippen molar-refractivity contribution in [3.63, 3.8) is 0 Å². The molecule has 2 aromatic carbocycles. The molecule has 1 amide bonds. The van der Waals surface area contributed by atoms with E-state index in [2.05, 4.69) is 10.3 Å². The van der Waals surface area contributed by atoms with Crippen molar-refractivity contribution in [2.24, 2.45) is 5.73 Å². The first-order chi connectivity index (χ1) is 11.6. The first-order valence-corrected chi connectivity index (χ1v) is 7.69. The Morgan fingerprint density at radius 3 is 2.79 bits per heavy atom. The van der Waals surface area contributed by atoms with Gasteiger partial charge in [0.2, 0.25) is 5.91 Å². The summed E-state index contributed by atoms with van der Waals surface area (Å²) in [5, 5.41) is 4.83. The van der Waals surface area contributed by atoms with Gasteiger partial charge in [-0.2, -0.15) is 0 Å². The van der Waals surface area contributed by atoms with Gasteiger partial charge in [-0.05, 0) is 47.7 Å². The number of aryl methyl sites for hydroxylation is 1. The lowest BCUT2D eigenvalue weighted by Crippen LogP contribution is -2.27. The largest absolute Gasteiger partial charge is 0.329 e. The zero-order valence-corrected chi connectivity index (χ0v) is 13.3. The van der Waals surface area contributed by atoms with Gasteiger partial charge in [0.25, 0.3) is 0 Å². The minimum atomic E-state index is -0.603. The molecule has 0 saturated heterocycles. The van der Waals surface area contributed by atoms with E-state index >= 15 is 0 Å². The maximum absolute atomic E-state index is 13.8. The first-order valence-electron chi connectivity index (χ1n) is 7.69. The van der Waals surface area contributed by atoms with E-state index in [1.807, 2.05) is 24.3 Å². The molecule has 3 aromatic rings. The molecular weight excluding hydrogens is 305 g/mol. The van der Waals surface area contributed by atoms with Crippen LogP contribution in [0.2, 0.25) is 0 Å². The van der Waals surface area contributed by atoms with Crippen molar-refractivity contribution in [1.82, 2.24) is 4.98 Å². The number of hydrogen-bond donors (Lipinski definition) is 2. The maximum Gasteiger partial charge on any atom is 0.233 e. The number of nitrogens with zero attached hydrogens (tertiary/aromatic N) is 1. The fourth-order valence-corrected chi connectivity index (χ4v) is 2.61. The highest BCUT2D eigenvalue weighted by Gasteiger charge is 2.20. The molecule has 24 heavy (non-hydrogen) atoms. The minimum absolute atomic E-state index is 0.103. The molecule has 122 valence electrons. The van der Waals surface area contributed by atoms with Crippen LogP contribution in [0.4, 0.5) is 10.1 Å². The smallest absolute Gasteiger partial charge is 0.233 e. The summed E-state index contributed by atoms with van der Waals surface area (Å²) in [7, 11) is 0. The molecule has 0 aliphatic rings. The number of carbonyl (C=O) groups excluding carboxylic acids is 1. The second-order valence-electron chi connectivity index (χ2n) is 5.72. The Morgan fingerprint density at radius 1 is 1.21 bits per heavy atom. The summed E-state index contributed by atoms with van der Waals surface area (Å²) in [6.45, 7) is 1.78. The fourth-order valence-electron chi connectivity index (χ4n) is 2.61. The van der Waals surface area contributed by atoms with Gasteiger partial charge in [0, 0.05) is 30.0 Å². The number of halogens is 1. The topological polar surface area (TPSA) is 68.0 Å². The molecule has 0 fully saturated rings. The monoisotopic (exact) mass is 323 g/mol. The van der Waals surface area contributed by atoms with Crippen LogP contribution in [0.1, 0.15) is 17.0 Å². The van der Waals surface area contributed by atoms with Gasteiger partial charge in [0.1, 0.15) is 5.82 Å². The molecule has 0 radical (unpaired) electrons. The summed E-state index contributed by atoms with van der Waals surface area (Å²) < 4.78 is 13.8. The normalized spacial score (nSPS) is 12.1. The van der Waals surface area contributed by atoms with E-state index in [0.717, 1.165) is 10.8 Å². The van der Waals surface area contributed by atoms with E-state index in [9.17, 15) is 9.18 Å². The summed E-state index contributed by atoms with van der Waals surface area (Å²) in [5.41, 5.74) is 7.53. The number of fused-ring (bicyclic) bond motifs is 1. The lowest BCUT2D eigenvalue weighted by molar-refractivity contribution is -0.117. The zero-order valence-electron chi connectivity index (χ0n) is 13.3. The molecule has 0 aliphatic heterocycles. The van der Waals surface area contributed by atoms with Gasteiger partial charge in [0.15, 0.2) is 0 Å². The van der Waals surface area contributed by atoms with E-state index in [4.69, 9.17) is 5.73 Å². The number of nitrogens with one attached hydrogen (secondary N) is 1. The summed E-state index contributed by atoms with van der Waals surface area (Å²) in [4.78, 5) is 16.6. The standard InChI is InChI=1S/C19H18FN3O/c1-12-2-3-14(9-18(12)20)17(10-21)19(24)23-16-5-4-15-11-22-7-6-13(15)8-16/h2-9,11,17H,10,21H2,1H3,(H,23,24). The number of amides is 1. The van der Waals surface area contributed by atoms with E-state index < -0.39 is 5.92 Å². The van der Waals surface area contributed by atoms with Crippen LogP contribution in [-0.2, 0) is 4.79 Å². The van der Waals surface area contributed by atoms with E-state index in [-0.39, 0.29) is 18.3 Å². The summed E-state index contributed by atoms with van der Waals surface area (Å²) in [6, 6.07) is 12.2. The number of aromatic nitrogens is 1. The highest BCUT2D eigenvalue weighted by Crippen LogP contribution is 2.22. The molecule has 0 aliphatic carbocycles. The summed E-state index contributed by atoms with van der Waals surface area (Å²) in [5.74, 6) is -1.20. The molecule has 3 N–H and O–H groups in total. The van der Waals surface area contributed by atoms with E-state index in [0.29, 0.717) is 16.8 Å². The number of pyridine rings is 1. The molecule has 0 saturated carbocycles. The van der Waals surface area contributed by atoms with Crippen LogP contribution in [0, 0.1) is 12.7 Å². The van der Waals surface area contributed by atoms with E-state index in [1.165, 1.54) is 6.07 Å². The van der Waals surface area contributed by atoms with Gasteiger partial charge < -0.3 is 11.1 Å². The fraction of sp³-hybridized carbons (Fsp3) is 0.158. The lowest BCUT2D eigenvalue weighted by atomic mass is 9.97. The predicted octanol–water partition coefficient (Wildman–Crippen LogP) is 3.36. The summed E-state index contributed by atoms with van der Waals surface area (Å²) in [6.07, 6.45) is 3.46. The third-order valence-electron chi connectivity index (χ3n) is 4.06. The molecule has 5 heteroatoms. The predicted molar refractivity (Wildman–Crippen MR) is 93.3 cm³/mol. The van der Waals surface area contributed by atoms with Crippen molar-refractivity contribution in [2.45, 2.75) is 12.8 Å². The van der Waals surface area contributed by atoms with Crippen LogP contribution in [0.3, 0.4) is 0 Å². The highest BCUT2D eigenvalue weighted by atomic mass is 19.1. The van der Waals surface area contributed by atoms with E-state index in [1.54, 1.807) is 31.5 Å². The molecule has 3 rings (SSSR count). The third kappa shape index (κ3) is 3.26. The number of anilines is 1. The minimum Gasteiger partial charge on any atom is -0.329 e. The van der Waals surface area contributed by atoms with Gasteiger partial charge >= 0.3 is 0 Å². The van der Waals surface area contributed by atoms with Crippen molar-refractivity contribution >= 4 is 22.4 Å². The number of rotatable bonds is 4. The Bertz CT molecular complexity index is 895. The number of benzene rings is 2. The van der Waals surface area contributed by atoms with Crippen molar-refractivity contribution in [1.29, 1.82) is 0 Å². The molecule has 1 atom stereocenters. The Hall–Kier alpha value is -2.79. The van der Waals surface area contributed by atoms with Crippen LogP contribution in [0.25, 0.3) is 10.8 Å². The summed E-state index contributed by atoms with van der Waals surface area (Å²) >= 11 is 0. The van der Waals surface area contributed by atoms with Gasteiger partial charge in [-0.1, -0.05) is 18.2 Å². The van der Waals surface area contributed by atoms with Gasteiger partial charge in [-0.3, -0.25) is 9.78 Å². The van der Waals surface area contributed by atoms with Gasteiger partial charge in [0.05, 0.1) is 5.92 Å². The van der Waals surface area contributed by atoms with Crippen LogP contribution in [0.5, 0.6) is 0 Å². The molecule has 1 aromatic heterocycles. The van der Waals surface area contributed by atoms with Crippen molar-refractivity contribution < 1.29 is 9.18 Å². The molecule has 4 nitrogen and oxygen atoms in total. The van der Waals surface area contributed by atoms with Gasteiger partial charge in [-0.25, -0.2) is 4.39 Å². The average molecular weight is 323 g/mol. The Balaban J connectivity index is 1.84. The maximum atomic E-state index is 13.8. The Morgan fingerprint density at radius 2 is 2.04 bits per heavy atom. The molecule has 0 bridgehead atoms. The average Bonchev–Trinajstić information content (AvgIpc) is 2.58. The molecule has 0 spiro atoms. The number of nitrogens with two attached hydrogens (primary N) is 1. The quantitative estimate of drug-likeness (QED) is 0.773.